The molecule has 1 amide bonds. The van der Waals surface area contributed by atoms with E-state index in [0.29, 0.717) is 17.1 Å². The lowest BCUT2D eigenvalue weighted by molar-refractivity contribution is 0.0942. The van der Waals surface area contributed by atoms with Crippen molar-refractivity contribution in [1.29, 1.82) is 0 Å². The van der Waals surface area contributed by atoms with Gasteiger partial charge >= 0.3 is 0 Å². The van der Waals surface area contributed by atoms with Crippen molar-refractivity contribution in [2.24, 2.45) is 0 Å². The van der Waals surface area contributed by atoms with Gasteiger partial charge < -0.3 is 10.2 Å². The molecule has 24 heavy (non-hydrogen) atoms. The molecule has 3 aromatic rings. The van der Waals surface area contributed by atoms with E-state index in [0.717, 1.165) is 28.3 Å². The molecule has 0 aliphatic rings. The first-order valence-electron chi connectivity index (χ1n) is 7.47. The molecule has 0 saturated carbocycles. The van der Waals surface area contributed by atoms with Crippen LogP contribution in [-0.4, -0.2) is 40.2 Å². The number of benzene rings is 2. The molecule has 0 bridgehead atoms. The third kappa shape index (κ3) is 3.56. The highest BCUT2D eigenvalue weighted by atomic mass is 35.5. The van der Waals surface area contributed by atoms with Crippen molar-refractivity contribution < 1.29 is 4.79 Å². The van der Waals surface area contributed by atoms with Gasteiger partial charge in [-0.1, -0.05) is 29.8 Å². The second-order valence-electron chi connectivity index (χ2n) is 5.68. The minimum absolute atomic E-state index is 0.00711. The van der Waals surface area contributed by atoms with Gasteiger partial charge in [-0.15, -0.1) is 0 Å². The molecule has 1 heterocycles. The quantitative estimate of drug-likeness (QED) is 0.757. The van der Waals surface area contributed by atoms with Crippen LogP contribution in [0.25, 0.3) is 11.0 Å². The molecule has 1 N–H and O–H groups in total. The number of carbonyl (C=O) groups excluding carboxylic acids is 1. The average molecular weight is 361 g/mol. The maximum atomic E-state index is 12.4. The third-order valence-electron chi connectivity index (χ3n) is 3.86. The highest BCUT2D eigenvalue weighted by Gasteiger charge is 2.18. The fourth-order valence-corrected chi connectivity index (χ4v) is 3.31. The van der Waals surface area contributed by atoms with Gasteiger partial charge in [0.05, 0.1) is 17.8 Å². The van der Waals surface area contributed by atoms with E-state index >= 15 is 0 Å². The molecule has 0 aliphatic carbocycles. The summed E-state index contributed by atoms with van der Waals surface area (Å²) >= 11 is 7.44. The molecule has 1 unspecified atom stereocenters. The van der Waals surface area contributed by atoms with Gasteiger partial charge in [-0.05, 0) is 43.9 Å². The van der Waals surface area contributed by atoms with Gasteiger partial charge in [0, 0.05) is 17.1 Å². The average Bonchev–Trinajstić information content (AvgIpc) is 3.03. The van der Waals surface area contributed by atoms with E-state index in [9.17, 15) is 4.79 Å². The number of carbonyl (C=O) groups is 1. The van der Waals surface area contributed by atoms with E-state index in [1.54, 1.807) is 12.1 Å². The summed E-state index contributed by atoms with van der Waals surface area (Å²) in [4.78, 5) is 14.5. The van der Waals surface area contributed by atoms with Crippen LogP contribution in [0.5, 0.6) is 0 Å². The summed E-state index contributed by atoms with van der Waals surface area (Å²) in [6, 6.07) is 13.0. The van der Waals surface area contributed by atoms with Crippen LogP contribution in [0.2, 0.25) is 5.02 Å². The molecule has 7 heteroatoms. The van der Waals surface area contributed by atoms with Crippen LogP contribution >= 0.6 is 23.3 Å². The molecule has 5 nitrogen and oxygen atoms in total. The van der Waals surface area contributed by atoms with Crippen molar-refractivity contribution in [3.63, 3.8) is 0 Å². The lowest BCUT2D eigenvalue weighted by Crippen LogP contribution is -2.34. The summed E-state index contributed by atoms with van der Waals surface area (Å²) in [5.74, 6) is -0.135. The first-order chi connectivity index (χ1) is 11.6. The topological polar surface area (TPSA) is 58.1 Å². The van der Waals surface area contributed by atoms with Gasteiger partial charge in [0.15, 0.2) is 0 Å². The molecule has 3 rings (SSSR count). The maximum absolute atomic E-state index is 12.4. The standard InChI is InChI=1S/C17H17ClN4OS/c1-22(2)16(12-5-3-4-6-13(12)18)10-19-17(23)11-7-8-14-15(9-11)21-24-20-14/h3-9,16H,10H2,1-2H3,(H,19,23). The van der Waals surface area contributed by atoms with Crippen LogP contribution in [-0.2, 0) is 0 Å². The van der Waals surface area contributed by atoms with Crippen LogP contribution < -0.4 is 5.32 Å². The van der Waals surface area contributed by atoms with Crippen LogP contribution in [0.4, 0.5) is 0 Å². The number of rotatable bonds is 5. The Kier molecular flexibility index (Phi) is 5.08. The lowest BCUT2D eigenvalue weighted by atomic mass is 10.1. The fraction of sp³-hybridized carbons (Fsp3) is 0.235. The summed E-state index contributed by atoms with van der Waals surface area (Å²) in [5.41, 5.74) is 3.11. The van der Waals surface area contributed by atoms with Gasteiger partial charge in [-0.25, -0.2) is 0 Å². The molecular weight excluding hydrogens is 344 g/mol. The molecule has 0 radical (unpaired) electrons. The van der Waals surface area contributed by atoms with Crippen molar-refractivity contribution in [3.05, 3.63) is 58.6 Å². The van der Waals surface area contributed by atoms with Gasteiger partial charge in [-0.2, -0.15) is 8.75 Å². The Bertz CT molecular complexity index is 864. The Morgan fingerprint density at radius 1 is 1.21 bits per heavy atom. The Hall–Kier alpha value is -2.02. The summed E-state index contributed by atoms with van der Waals surface area (Å²) < 4.78 is 8.31. The molecule has 2 aromatic carbocycles. The first-order valence-corrected chi connectivity index (χ1v) is 8.58. The van der Waals surface area contributed by atoms with E-state index < -0.39 is 0 Å². The maximum Gasteiger partial charge on any atom is 0.251 e. The van der Waals surface area contributed by atoms with E-state index in [4.69, 9.17) is 11.6 Å². The lowest BCUT2D eigenvalue weighted by Gasteiger charge is -2.26. The van der Waals surface area contributed by atoms with Crippen molar-refractivity contribution in [3.8, 4) is 0 Å². The number of aromatic nitrogens is 2. The zero-order valence-corrected chi connectivity index (χ0v) is 14.9. The minimum Gasteiger partial charge on any atom is -0.350 e. The fourth-order valence-electron chi connectivity index (χ4n) is 2.53. The monoisotopic (exact) mass is 360 g/mol. The zero-order valence-electron chi connectivity index (χ0n) is 13.4. The molecule has 124 valence electrons. The summed E-state index contributed by atoms with van der Waals surface area (Å²) in [7, 11) is 3.93. The number of fused-ring (bicyclic) bond motifs is 1. The molecule has 0 fully saturated rings. The van der Waals surface area contributed by atoms with Crippen LogP contribution in [0.3, 0.4) is 0 Å². The molecular formula is C17H17ClN4OS. The highest BCUT2D eigenvalue weighted by molar-refractivity contribution is 7.00. The van der Waals surface area contributed by atoms with Gasteiger partial charge in [0.25, 0.3) is 5.91 Å². The number of nitrogens with zero attached hydrogens (tertiary/aromatic N) is 3. The zero-order chi connectivity index (χ0) is 17.1. The predicted octanol–water partition coefficient (Wildman–Crippen LogP) is 3.38. The Morgan fingerprint density at radius 2 is 1.96 bits per heavy atom. The van der Waals surface area contributed by atoms with Crippen LogP contribution in [0, 0.1) is 0 Å². The SMILES string of the molecule is CN(C)C(CNC(=O)c1ccc2nsnc2c1)c1ccccc1Cl. The second-order valence-corrected chi connectivity index (χ2v) is 6.61. The molecule has 0 aliphatic heterocycles. The normalized spacial score (nSPS) is 12.5. The molecule has 0 spiro atoms. The van der Waals surface area contributed by atoms with Crippen molar-refractivity contribution in [2.45, 2.75) is 6.04 Å². The van der Waals surface area contributed by atoms with Crippen molar-refractivity contribution >= 4 is 40.3 Å². The van der Waals surface area contributed by atoms with E-state index in [1.807, 2.05) is 49.3 Å². The van der Waals surface area contributed by atoms with Crippen molar-refractivity contribution in [1.82, 2.24) is 19.0 Å². The Labute approximate surface area is 149 Å². The van der Waals surface area contributed by atoms with Gasteiger partial charge in [0.2, 0.25) is 0 Å². The number of hydrogen-bond acceptors (Lipinski definition) is 5. The third-order valence-corrected chi connectivity index (χ3v) is 4.76. The predicted molar refractivity (Wildman–Crippen MR) is 97.6 cm³/mol. The number of hydrogen-bond donors (Lipinski definition) is 1. The summed E-state index contributed by atoms with van der Waals surface area (Å²) in [5, 5.41) is 3.67. The highest BCUT2D eigenvalue weighted by Crippen LogP contribution is 2.25. The Balaban J connectivity index is 1.74. The number of halogens is 1. The van der Waals surface area contributed by atoms with E-state index in [-0.39, 0.29) is 11.9 Å². The van der Waals surface area contributed by atoms with Gasteiger partial charge in [0.1, 0.15) is 11.0 Å². The van der Waals surface area contributed by atoms with Crippen molar-refractivity contribution in [2.75, 3.05) is 20.6 Å². The number of likely N-dealkylation sites (N-methyl/N-ethyl adjacent to an activating group) is 1. The number of nitrogens with one attached hydrogen (secondary N) is 1. The van der Waals surface area contributed by atoms with Gasteiger partial charge in [-0.3, -0.25) is 4.79 Å². The molecule has 1 aromatic heterocycles. The largest absolute Gasteiger partial charge is 0.350 e. The molecule has 0 saturated heterocycles. The Morgan fingerprint density at radius 3 is 2.71 bits per heavy atom. The summed E-state index contributed by atoms with van der Waals surface area (Å²) in [6.07, 6.45) is 0. The molecule has 1 atom stereocenters. The van der Waals surface area contributed by atoms with Crippen LogP contribution in [0.15, 0.2) is 42.5 Å². The smallest absolute Gasteiger partial charge is 0.251 e. The number of amides is 1. The summed E-state index contributed by atoms with van der Waals surface area (Å²) in [6.45, 7) is 0.461. The van der Waals surface area contributed by atoms with E-state index in [1.165, 1.54) is 0 Å². The van der Waals surface area contributed by atoms with E-state index in [2.05, 4.69) is 14.1 Å². The van der Waals surface area contributed by atoms with Crippen LogP contribution in [0.1, 0.15) is 22.0 Å². The first kappa shape index (κ1) is 16.8. The second kappa shape index (κ2) is 7.25. The minimum atomic E-state index is -0.135.